The SMILES string of the molecule is CC(=O)c1ccc(NC(=O)[C@H]2CCCN(C(=O)c3ccc4cc[nH]c4c3)C2)cc1. The van der Waals surface area contributed by atoms with Gasteiger partial charge in [0.1, 0.15) is 0 Å². The van der Waals surface area contributed by atoms with Crippen LogP contribution in [-0.2, 0) is 4.79 Å². The smallest absolute Gasteiger partial charge is 0.253 e. The molecule has 2 aromatic carbocycles. The number of hydrogen-bond acceptors (Lipinski definition) is 3. The molecule has 148 valence electrons. The van der Waals surface area contributed by atoms with E-state index in [-0.39, 0.29) is 23.5 Å². The van der Waals surface area contributed by atoms with Crippen LogP contribution in [0.4, 0.5) is 5.69 Å². The number of likely N-dealkylation sites (tertiary alicyclic amines) is 1. The number of H-pyrrole nitrogens is 1. The minimum absolute atomic E-state index is 0.0122. The average molecular weight is 389 g/mol. The zero-order valence-corrected chi connectivity index (χ0v) is 16.3. The number of aromatic nitrogens is 1. The first-order chi connectivity index (χ1) is 14.0. The maximum Gasteiger partial charge on any atom is 0.253 e. The average Bonchev–Trinajstić information content (AvgIpc) is 3.21. The molecule has 0 saturated carbocycles. The third-order valence-corrected chi connectivity index (χ3v) is 5.44. The number of anilines is 1. The molecule has 0 unspecified atom stereocenters. The van der Waals surface area contributed by atoms with E-state index in [0.29, 0.717) is 29.9 Å². The van der Waals surface area contributed by atoms with E-state index in [1.54, 1.807) is 29.2 Å². The van der Waals surface area contributed by atoms with E-state index >= 15 is 0 Å². The van der Waals surface area contributed by atoms with Crippen molar-refractivity contribution in [2.75, 3.05) is 18.4 Å². The molecule has 0 aliphatic carbocycles. The summed E-state index contributed by atoms with van der Waals surface area (Å²) in [6.45, 7) is 2.56. The highest BCUT2D eigenvalue weighted by molar-refractivity contribution is 5.99. The van der Waals surface area contributed by atoms with Gasteiger partial charge in [0.15, 0.2) is 5.78 Å². The van der Waals surface area contributed by atoms with Gasteiger partial charge in [-0.15, -0.1) is 0 Å². The number of nitrogens with one attached hydrogen (secondary N) is 2. The molecule has 6 heteroatoms. The van der Waals surface area contributed by atoms with Crippen molar-refractivity contribution in [3.63, 3.8) is 0 Å². The van der Waals surface area contributed by atoms with Crippen LogP contribution in [0.3, 0.4) is 0 Å². The number of hydrogen-bond donors (Lipinski definition) is 2. The van der Waals surface area contributed by atoms with E-state index in [9.17, 15) is 14.4 Å². The third kappa shape index (κ3) is 4.06. The zero-order valence-electron chi connectivity index (χ0n) is 16.3. The Kier molecular flexibility index (Phi) is 5.16. The minimum Gasteiger partial charge on any atom is -0.361 e. The standard InChI is InChI=1S/C23H23N3O3/c1-15(27)16-6-8-20(9-7-16)25-22(28)19-3-2-12-26(14-19)23(29)18-5-4-17-10-11-24-21(17)13-18/h4-11,13,19,24H,2-3,12,14H2,1H3,(H,25,28)/t19-/m0/s1. The number of carbonyl (C=O) groups excluding carboxylic acids is 3. The summed E-state index contributed by atoms with van der Waals surface area (Å²) in [6, 6.07) is 14.4. The van der Waals surface area contributed by atoms with E-state index in [1.165, 1.54) is 6.92 Å². The number of benzene rings is 2. The highest BCUT2D eigenvalue weighted by atomic mass is 16.2. The van der Waals surface area contributed by atoms with Gasteiger partial charge in [0.25, 0.3) is 5.91 Å². The van der Waals surface area contributed by atoms with Gasteiger partial charge in [0.2, 0.25) is 5.91 Å². The van der Waals surface area contributed by atoms with Crippen molar-refractivity contribution in [3.8, 4) is 0 Å². The van der Waals surface area contributed by atoms with Gasteiger partial charge in [-0.25, -0.2) is 0 Å². The molecule has 0 bridgehead atoms. The van der Waals surface area contributed by atoms with Crippen LogP contribution in [0.5, 0.6) is 0 Å². The monoisotopic (exact) mass is 389 g/mol. The Balaban J connectivity index is 1.42. The normalized spacial score (nSPS) is 16.6. The van der Waals surface area contributed by atoms with Crippen molar-refractivity contribution >= 4 is 34.2 Å². The van der Waals surface area contributed by atoms with E-state index in [0.717, 1.165) is 23.7 Å². The summed E-state index contributed by atoms with van der Waals surface area (Å²) in [5, 5.41) is 3.97. The summed E-state index contributed by atoms with van der Waals surface area (Å²) in [5.41, 5.74) is 2.81. The highest BCUT2D eigenvalue weighted by Gasteiger charge is 2.29. The van der Waals surface area contributed by atoms with Gasteiger partial charge in [-0.05, 0) is 67.6 Å². The van der Waals surface area contributed by atoms with Gasteiger partial charge in [0.05, 0.1) is 5.92 Å². The summed E-state index contributed by atoms with van der Waals surface area (Å²) in [5.74, 6) is -0.418. The molecule has 2 N–H and O–H groups in total. The number of piperidine rings is 1. The van der Waals surface area contributed by atoms with Gasteiger partial charge in [-0.3, -0.25) is 14.4 Å². The third-order valence-electron chi connectivity index (χ3n) is 5.44. The number of ketones is 1. The van der Waals surface area contributed by atoms with E-state index < -0.39 is 0 Å². The lowest BCUT2D eigenvalue weighted by molar-refractivity contribution is -0.121. The summed E-state index contributed by atoms with van der Waals surface area (Å²) in [4.78, 5) is 41.9. The zero-order chi connectivity index (χ0) is 20.4. The summed E-state index contributed by atoms with van der Waals surface area (Å²) in [6.07, 6.45) is 3.39. The second kappa shape index (κ2) is 7.91. The van der Waals surface area contributed by atoms with Gasteiger partial charge >= 0.3 is 0 Å². The second-order valence-electron chi connectivity index (χ2n) is 7.49. The molecule has 3 aromatic rings. The Hall–Kier alpha value is -3.41. The molecule has 1 atom stereocenters. The molecular formula is C23H23N3O3. The molecule has 1 aliphatic rings. The molecule has 4 rings (SSSR count). The second-order valence-corrected chi connectivity index (χ2v) is 7.49. The molecule has 2 amide bonds. The predicted octanol–water partition coefficient (Wildman–Crippen LogP) is 3.86. The topological polar surface area (TPSA) is 82.3 Å². The Morgan fingerprint density at radius 3 is 2.55 bits per heavy atom. The Labute approximate surface area is 168 Å². The lowest BCUT2D eigenvalue weighted by Crippen LogP contribution is -2.43. The highest BCUT2D eigenvalue weighted by Crippen LogP contribution is 2.22. The molecule has 29 heavy (non-hydrogen) atoms. The molecule has 6 nitrogen and oxygen atoms in total. The predicted molar refractivity (Wildman–Crippen MR) is 112 cm³/mol. The van der Waals surface area contributed by atoms with Gasteiger partial charge in [-0.2, -0.15) is 0 Å². The quantitative estimate of drug-likeness (QED) is 0.665. The number of carbonyl (C=O) groups is 3. The van der Waals surface area contributed by atoms with Crippen LogP contribution in [0.25, 0.3) is 10.9 Å². The van der Waals surface area contributed by atoms with Gasteiger partial charge in [-0.1, -0.05) is 6.07 Å². The van der Waals surface area contributed by atoms with Crippen LogP contribution in [0.1, 0.15) is 40.5 Å². The largest absolute Gasteiger partial charge is 0.361 e. The molecule has 1 aromatic heterocycles. The molecular weight excluding hydrogens is 366 g/mol. The number of Topliss-reactive ketones (excluding diaryl/α,β-unsaturated/α-hetero) is 1. The van der Waals surface area contributed by atoms with Crippen molar-refractivity contribution in [2.45, 2.75) is 19.8 Å². The van der Waals surface area contributed by atoms with E-state index in [1.807, 2.05) is 30.5 Å². The molecule has 1 fully saturated rings. The fraction of sp³-hybridized carbons (Fsp3) is 0.261. The first-order valence-electron chi connectivity index (χ1n) is 9.79. The van der Waals surface area contributed by atoms with E-state index in [2.05, 4.69) is 10.3 Å². The van der Waals surface area contributed by atoms with Gasteiger partial charge in [0, 0.05) is 41.6 Å². The summed E-state index contributed by atoms with van der Waals surface area (Å²) >= 11 is 0. The molecule has 1 aliphatic heterocycles. The number of fused-ring (bicyclic) bond motifs is 1. The van der Waals surface area contributed by atoms with E-state index in [4.69, 9.17) is 0 Å². The fourth-order valence-electron chi connectivity index (χ4n) is 3.77. The number of rotatable bonds is 4. The van der Waals surface area contributed by atoms with Crippen molar-refractivity contribution in [3.05, 3.63) is 65.9 Å². The Morgan fingerprint density at radius 1 is 1.03 bits per heavy atom. The first-order valence-corrected chi connectivity index (χ1v) is 9.79. The number of nitrogens with zero attached hydrogens (tertiary/aromatic N) is 1. The summed E-state index contributed by atoms with van der Waals surface area (Å²) < 4.78 is 0. The van der Waals surface area contributed by atoms with Crippen molar-refractivity contribution in [1.82, 2.24) is 9.88 Å². The van der Waals surface area contributed by atoms with Crippen LogP contribution in [0.2, 0.25) is 0 Å². The molecule has 2 heterocycles. The van der Waals surface area contributed by atoms with Gasteiger partial charge < -0.3 is 15.2 Å². The lowest BCUT2D eigenvalue weighted by atomic mass is 9.96. The Bertz CT molecular complexity index is 1070. The van der Waals surface area contributed by atoms with Crippen LogP contribution >= 0.6 is 0 Å². The number of aromatic amines is 1. The van der Waals surface area contributed by atoms with Crippen LogP contribution < -0.4 is 5.32 Å². The fourth-order valence-corrected chi connectivity index (χ4v) is 3.77. The van der Waals surface area contributed by atoms with Crippen LogP contribution in [-0.4, -0.2) is 40.6 Å². The van der Waals surface area contributed by atoms with Crippen LogP contribution in [0, 0.1) is 5.92 Å². The van der Waals surface area contributed by atoms with Crippen LogP contribution in [0.15, 0.2) is 54.7 Å². The number of amides is 2. The summed E-state index contributed by atoms with van der Waals surface area (Å²) in [7, 11) is 0. The minimum atomic E-state index is -0.255. The van der Waals surface area contributed by atoms with Crippen molar-refractivity contribution in [1.29, 1.82) is 0 Å². The molecule has 0 spiro atoms. The molecule has 0 radical (unpaired) electrons. The van der Waals surface area contributed by atoms with Crippen molar-refractivity contribution < 1.29 is 14.4 Å². The maximum atomic E-state index is 12.9. The maximum absolute atomic E-state index is 12.9. The van der Waals surface area contributed by atoms with Crippen molar-refractivity contribution in [2.24, 2.45) is 5.92 Å². The molecule has 1 saturated heterocycles. The first kappa shape index (κ1) is 18.9. The lowest BCUT2D eigenvalue weighted by Gasteiger charge is -2.32. The Morgan fingerprint density at radius 2 is 1.79 bits per heavy atom.